The van der Waals surface area contributed by atoms with Gasteiger partial charge in [0, 0.05) is 62.9 Å². The molecular weight excluding hydrogens is 563 g/mol. The maximum atomic E-state index is 12.1. The number of anilines is 4. The van der Waals surface area contributed by atoms with Crippen molar-refractivity contribution in [2.75, 3.05) is 42.1 Å². The van der Waals surface area contributed by atoms with E-state index < -0.39 is 6.36 Å². The van der Waals surface area contributed by atoms with Crippen molar-refractivity contribution in [2.45, 2.75) is 53.4 Å². The molecule has 0 atom stereocenters. The molecule has 1 aliphatic heterocycles. The lowest BCUT2D eigenvalue weighted by Crippen LogP contribution is -2.48. The molecule has 43 heavy (non-hydrogen) atoms. The molecule has 5 N–H and O–H groups in total. The van der Waals surface area contributed by atoms with E-state index in [-0.39, 0.29) is 18.1 Å². The van der Waals surface area contributed by atoms with Gasteiger partial charge in [0.15, 0.2) is 0 Å². The second-order valence-electron chi connectivity index (χ2n) is 9.69. The number of piperazine rings is 1. The van der Waals surface area contributed by atoms with Crippen molar-refractivity contribution in [1.29, 1.82) is 0 Å². The van der Waals surface area contributed by atoms with Gasteiger partial charge in [0.1, 0.15) is 17.4 Å². The van der Waals surface area contributed by atoms with E-state index in [2.05, 4.69) is 30.2 Å². The van der Waals surface area contributed by atoms with Gasteiger partial charge in [-0.1, -0.05) is 13.8 Å². The molecule has 13 heteroatoms. The zero-order valence-corrected chi connectivity index (χ0v) is 25.1. The van der Waals surface area contributed by atoms with Crippen LogP contribution >= 0.6 is 0 Å². The lowest BCUT2D eigenvalue weighted by Gasteiger charge is -2.35. The number of nitrogens with two attached hydrogens (primary N) is 2. The van der Waals surface area contributed by atoms with Crippen LogP contribution in [0.5, 0.6) is 5.75 Å². The topological polar surface area (TPSA) is 132 Å². The van der Waals surface area contributed by atoms with E-state index in [9.17, 15) is 18.0 Å². The van der Waals surface area contributed by atoms with Gasteiger partial charge in [-0.25, -0.2) is 4.98 Å². The van der Waals surface area contributed by atoms with Gasteiger partial charge in [-0.05, 0) is 74.2 Å². The van der Waals surface area contributed by atoms with Crippen molar-refractivity contribution in [3.8, 4) is 5.75 Å². The summed E-state index contributed by atoms with van der Waals surface area (Å²) in [5.41, 5.74) is 12.4. The number of rotatable bonds is 6. The summed E-state index contributed by atoms with van der Waals surface area (Å²) in [6, 6.07) is 13.5. The number of ether oxygens (including phenoxy) is 1. The Hall–Kier alpha value is -4.42. The number of nitrogens with one attached hydrogen (secondary N) is 1. The SMILES string of the molecule is CC.CC(=O)N1CCN(c2ccc(N)cc2)CC1.Cc1nc(Nc2ccc(OC(F)(F)F)cc2)cn1CC1CC1.NC=O. The van der Waals surface area contributed by atoms with Crippen molar-refractivity contribution in [2.24, 2.45) is 11.7 Å². The fraction of sp³-hybridized carbons (Fsp3) is 0.433. The van der Waals surface area contributed by atoms with Gasteiger partial charge >= 0.3 is 6.36 Å². The van der Waals surface area contributed by atoms with Gasteiger partial charge in [0.2, 0.25) is 12.3 Å². The number of aromatic nitrogens is 2. The van der Waals surface area contributed by atoms with Gasteiger partial charge < -0.3 is 35.9 Å². The van der Waals surface area contributed by atoms with Crippen LogP contribution in [0.3, 0.4) is 0 Å². The van der Waals surface area contributed by atoms with Gasteiger partial charge in [-0.2, -0.15) is 0 Å². The zero-order valence-electron chi connectivity index (χ0n) is 25.1. The van der Waals surface area contributed by atoms with Crippen molar-refractivity contribution in [3.63, 3.8) is 0 Å². The van der Waals surface area contributed by atoms with Gasteiger partial charge in [-0.3, -0.25) is 9.59 Å². The second kappa shape index (κ2) is 16.9. The fourth-order valence-electron chi connectivity index (χ4n) is 4.18. The number of nitrogens with zero attached hydrogens (tertiary/aromatic N) is 4. The van der Waals surface area contributed by atoms with Crippen LogP contribution in [0.1, 0.15) is 39.4 Å². The van der Waals surface area contributed by atoms with Crippen molar-refractivity contribution >= 4 is 35.2 Å². The number of aryl methyl sites for hydroxylation is 1. The van der Waals surface area contributed by atoms with Gasteiger partial charge in [-0.15, -0.1) is 13.2 Å². The standard InChI is InChI=1S/C15H16F3N3O.C12H17N3O.C2H6.CH3NO/c1-10-19-14(9-21(10)8-11-2-3-11)20-12-4-6-13(7-5-12)22-15(16,17)18;1-10(16)14-6-8-15(9-7-14)12-4-2-11(13)3-5-12;1-2;2-1-3/h4-7,9,11,20H,2-3,8H2,1H3;2-5H,6-9,13H2,1H3;1-2H3;1H,(H2,2,3). The fourth-order valence-corrected chi connectivity index (χ4v) is 4.18. The monoisotopic (exact) mass is 605 g/mol. The molecule has 5 rings (SSSR count). The summed E-state index contributed by atoms with van der Waals surface area (Å²) in [6.07, 6.45) is 0.0313. The number of alkyl halides is 3. The number of primary amides is 1. The molecule has 2 aliphatic rings. The Morgan fingerprint density at radius 3 is 2.09 bits per heavy atom. The smallest absolute Gasteiger partial charge is 0.406 e. The summed E-state index contributed by atoms with van der Waals surface area (Å²) in [6.45, 7) is 11.9. The van der Waals surface area contributed by atoms with Crippen molar-refractivity contribution in [3.05, 3.63) is 60.6 Å². The van der Waals surface area contributed by atoms with Crippen LogP contribution < -0.4 is 26.4 Å². The van der Waals surface area contributed by atoms with Crippen LogP contribution in [0.15, 0.2) is 54.7 Å². The Labute approximate surface area is 250 Å². The molecule has 2 heterocycles. The largest absolute Gasteiger partial charge is 0.573 e. The van der Waals surface area contributed by atoms with E-state index in [0.29, 0.717) is 11.5 Å². The van der Waals surface area contributed by atoms with E-state index in [1.807, 2.05) is 56.1 Å². The molecule has 1 aliphatic carbocycles. The number of nitrogen functional groups attached to an aromatic ring is 1. The average Bonchev–Trinajstić information content (AvgIpc) is 3.73. The van der Waals surface area contributed by atoms with Crippen molar-refractivity contribution < 1.29 is 27.5 Å². The molecule has 1 saturated heterocycles. The van der Waals surface area contributed by atoms with E-state index in [1.165, 1.54) is 42.8 Å². The Bertz CT molecular complexity index is 1250. The Balaban J connectivity index is 0.000000271. The molecule has 1 aromatic heterocycles. The first kappa shape index (κ1) is 34.8. The predicted molar refractivity (Wildman–Crippen MR) is 163 cm³/mol. The number of carbonyl (C=O) groups excluding carboxylic acids is 2. The maximum absolute atomic E-state index is 12.1. The first-order chi connectivity index (χ1) is 20.5. The number of hydrogen-bond donors (Lipinski definition) is 3. The number of imidazole rings is 1. The predicted octanol–water partition coefficient (Wildman–Crippen LogP) is 5.31. The maximum Gasteiger partial charge on any atom is 0.573 e. The average molecular weight is 606 g/mol. The molecule has 236 valence electrons. The number of halogens is 3. The first-order valence-electron chi connectivity index (χ1n) is 14.2. The minimum absolute atomic E-state index is 0.164. The minimum atomic E-state index is -4.67. The summed E-state index contributed by atoms with van der Waals surface area (Å²) < 4.78 is 42.2. The number of carbonyl (C=O) groups is 2. The molecule has 1 saturated carbocycles. The van der Waals surface area contributed by atoms with Crippen LogP contribution in [-0.2, 0) is 16.1 Å². The zero-order chi connectivity index (χ0) is 32.0. The van der Waals surface area contributed by atoms with Crippen LogP contribution in [-0.4, -0.2) is 59.3 Å². The summed E-state index contributed by atoms with van der Waals surface area (Å²) in [7, 11) is 0. The van der Waals surface area contributed by atoms with Crippen LogP contribution in [0.25, 0.3) is 0 Å². The Morgan fingerprint density at radius 2 is 1.60 bits per heavy atom. The van der Waals surface area contributed by atoms with Gasteiger partial charge in [0.05, 0.1) is 0 Å². The Morgan fingerprint density at radius 1 is 1.05 bits per heavy atom. The molecular formula is C30H42F3N7O3. The lowest BCUT2D eigenvalue weighted by atomic mass is 10.2. The highest BCUT2D eigenvalue weighted by atomic mass is 19.4. The Kier molecular flexibility index (Phi) is 13.7. The van der Waals surface area contributed by atoms with E-state index >= 15 is 0 Å². The molecule has 0 bridgehead atoms. The molecule has 0 radical (unpaired) electrons. The summed E-state index contributed by atoms with van der Waals surface area (Å²) in [5, 5.41) is 3.08. The van der Waals surface area contributed by atoms with E-state index in [4.69, 9.17) is 10.5 Å². The van der Waals surface area contributed by atoms with Gasteiger partial charge in [0.25, 0.3) is 0 Å². The molecule has 2 amide bonds. The molecule has 10 nitrogen and oxygen atoms in total. The molecule has 0 unspecified atom stereocenters. The highest BCUT2D eigenvalue weighted by molar-refractivity contribution is 5.73. The summed E-state index contributed by atoms with van der Waals surface area (Å²) in [4.78, 5) is 28.3. The molecule has 2 fully saturated rings. The molecule has 0 spiro atoms. The van der Waals surface area contributed by atoms with Crippen LogP contribution in [0, 0.1) is 12.8 Å². The molecule has 2 aromatic carbocycles. The lowest BCUT2D eigenvalue weighted by molar-refractivity contribution is -0.274. The number of hydrogen-bond acceptors (Lipinski definition) is 7. The van der Waals surface area contributed by atoms with Crippen molar-refractivity contribution in [1.82, 2.24) is 14.5 Å². The third kappa shape index (κ3) is 12.5. The normalized spacial score (nSPS) is 14.1. The third-order valence-corrected chi connectivity index (χ3v) is 6.47. The first-order valence-corrected chi connectivity index (χ1v) is 14.2. The summed E-state index contributed by atoms with van der Waals surface area (Å²) >= 11 is 0. The second-order valence-corrected chi connectivity index (χ2v) is 9.69. The minimum Gasteiger partial charge on any atom is -0.406 e. The number of benzene rings is 2. The third-order valence-electron chi connectivity index (χ3n) is 6.47. The van der Waals surface area contributed by atoms with E-state index in [1.54, 1.807) is 6.92 Å². The highest BCUT2D eigenvalue weighted by Gasteiger charge is 2.31. The molecule has 3 aromatic rings. The van der Waals surface area contributed by atoms with Crippen LogP contribution in [0.2, 0.25) is 0 Å². The van der Waals surface area contributed by atoms with Crippen LogP contribution in [0.4, 0.5) is 36.1 Å². The van der Waals surface area contributed by atoms with E-state index in [0.717, 1.165) is 50.2 Å². The quantitative estimate of drug-likeness (QED) is 0.256. The summed E-state index contributed by atoms with van der Waals surface area (Å²) in [5.74, 6) is 2.28. The highest BCUT2D eigenvalue weighted by Crippen LogP contribution is 2.31. The number of amides is 2.